The lowest BCUT2D eigenvalue weighted by atomic mass is 9.85. The summed E-state index contributed by atoms with van der Waals surface area (Å²) in [5.41, 5.74) is 0. The van der Waals surface area contributed by atoms with Crippen molar-refractivity contribution >= 4 is 6.03 Å². The quantitative estimate of drug-likeness (QED) is 0.916. The Morgan fingerprint density at radius 3 is 2.96 bits per heavy atom. The van der Waals surface area contributed by atoms with Gasteiger partial charge in [-0.2, -0.15) is 0 Å². The van der Waals surface area contributed by atoms with Crippen molar-refractivity contribution < 1.29 is 4.79 Å². The fourth-order valence-electron chi connectivity index (χ4n) is 5.16. The minimum Gasteiger partial charge on any atom is -0.338 e. The number of hydrogen-bond acceptors (Lipinski definition) is 3. The SMILES string of the molecule is C[C@@H]1C[C@@H]2CCCC[C@@H]2N1C(=O)NCCc1nnc2n1CCCCC2. The van der Waals surface area contributed by atoms with Crippen LogP contribution in [0.4, 0.5) is 4.79 Å². The van der Waals surface area contributed by atoms with Gasteiger partial charge in [-0.1, -0.05) is 19.3 Å². The van der Waals surface area contributed by atoms with Crippen molar-refractivity contribution in [3.63, 3.8) is 0 Å². The molecule has 3 heterocycles. The number of nitrogens with zero attached hydrogens (tertiary/aromatic N) is 4. The van der Waals surface area contributed by atoms with Crippen LogP contribution in [0.2, 0.25) is 0 Å². The normalized spacial score (nSPS) is 29.0. The predicted octanol–water partition coefficient (Wildman–Crippen LogP) is 2.91. The van der Waals surface area contributed by atoms with Crippen LogP contribution in [0.5, 0.6) is 0 Å². The first-order chi connectivity index (χ1) is 12.2. The number of fused-ring (bicyclic) bond motifs is 2. The number of amides is 2. The summed E-state index contributed by atoms with van der Waals surface area (Å²) in [7, 11) is 0. The van der Waals surface area contributed by atoms with Gasteiger partial charge in [0.05, 0.1) is 0 Å². The molecule has 0 bridgehead atoms. The van der Waals surface area contributed by atoms with Crippen LogP contribution < -0.4 is 5.32 Å². The lowest BCUT2D eigenvalue weighted by Crippen LogP contribution is -2.48. The Morgan fingerprint density at radius 2 is 2.04 bits per heavy atom. The molecule has 0 spiro atoms. The molecule has 0 unspecified atom stereocenters. The highest BCUT2D eigenvalue weighted by Gasteiger charge is 2.42. The zero-order chi connectivity index (χ0) is 17.2. The fraction of sp³-hybridized carbons (Fsp3) is 0.842. The number of rotatable bonds is 3. The van der Waals surface area contributed by atoms with Gasteiger partial charge in [0.2, 0.25) is 0 Å². The summed E-state index contributed by atoms with van der Waals surface area (Å²) in [6.07, 6.45) is 11.8. The summed E-state index contributed by atoms with van der Waals surface area (Å²) in [5.74, 6) is 2.88. The molecule has 1 saturated heterocycles. The first kappa shape index (κ1) is 16.9. The molecule has 3 atom stereocenters. The number of likely N-dealkylation sites (tertiary alicyclic amines) is 1. The van der Waals surface area contributed by atoms with E-state index in [-0.39, 0.29) is 6.03 Å². The van der Waals surface area contributed by atoms with E-state index >= 15 is 0 Å². The topological polar surface area (TPSA) is 63.1 Å². The third-order valence-corrected chi connectivity index (χ3v) is 6.39. The van der Waals surface area contributed by atoms with Crippen molar-refractivity contribution in [2.45, 2.75) is 89.8 Å². The summed E-state index contributed by atoms with van der Waals surface area (Å²) >= 11 is 0. The van der Waals surface area contributed by atoms with Crippen LogP contribution in [0.3, 0.4) is 0 Å². The van der Waals surface area contributed by atoms with Crippen LogP contribution in [-0.2, 0) is 19.4 Å². The highest BCUT2D eigenvalue weighted by Crippen LogP contribution is 2.39. The second kappa shape index (κ2) is 7.34. The van der Waals surface area contributed by atoms with Crippen LogP contribution >= 0.6 is 0 Å². The molecule has 2 amide bonds. The number of aromatic nitrogens is 3. The molecule has 1 aromatic heterocycles. The number of carbonyl (C=O) groups excluding carboxylic acids is 1. The molecule has 25 heavy (non-hydrogen) atoms. The number of hydrogen-bond donors (Lipinski definition) is 1. The Kier molecular flexibility index (Phi) is 4.95. The molecule has 1 N–H and O–H groups in total. The van der Waals surface area contributed by atoms with Crippen molar-refractivity contribution in [3.05, 3.63) is 11.6 Å². The molecule has 2 fully saturated rings. The van der Waals surface area contributed by atoms with Gasteiger partial charge in [-0.15, -0.1) is 10.2 Å². The van der Waals surface area contributed by atoms with E-state index in [0.717, 1.165) is 37.0 Å². The molecule has 3 aliphatic rings. The van der Waals surface area contributed by atoms with E-state index in [1.54, 1.807) is 0 Å². The van der Waals surface area contributed by atoms with Gasteiger partial charge in [0, 0.05) is 38.0 Å². The molecule has 0 aromatic carbocycles. The van der Waals surface area contributed by atoms with Crippen molar-refractivity contribution in [1.29, 1.82) is 0 Å². The molecule has 1 saturated carbocycles. The zero-order valence-corrected chi connectivity index (χ0v) is 15.4. The molecule has 0 radical (unpaired) electrons. The maximum absolute atomic E-state index is 12.8. The smallest absolute Gasteiger partial charge is 0.317 e. The van der Waals surface area contributed by atoms with Crippen molar-refractivity contribution in [3.8, 4) is 0 Å². The monoisotopic (exact) mass is 345 g/mol. The van der Waals surface area contributed by atoms with Crippen LogP contribution in [0, 0.1) is 5.92 Å². The first-order valence-electron chi connectivity index (χ1n) is 10.2. The molecule has 2 aliphatic heterocycles. The average Bonchev–Trinajstić information content (AvgIpc) is 3.05. The zero-order valence-electron chi connectivity index (χ0n) is 15.4. The Hall–Kier alpha value is -1.59. The van der Waals surface area contributed by atoms with Gasteiger partial charge >= 0.3 is 6.03 Å². The maximum atomic E-state index is 12.8. The van der Waals surface area contributed by atoms with Gasteiger partial charge in [-0.05, 0) is 44.9 Å². The standard InChI is InChI=1S/C19H31N5O/c1-14-13-15-7-4-5-8-16(15)24(14)19(25)20-11-10-18-22-21-17-9-3-2-6-12-23(17)18/h14-16H,2-13H2,1H3,(H,20,25)/t14-,15+,16+/m1/s1. The van der Waals surface area contributed by atoms with E-state index in [9.17, 15) is 4.79 Å². The molecule has 138 valence electrons. The molecule has 6 nitrogen and oxygen atoms in total. The second-order valence-electron chi connectivity index (χ2n) is 8.08. The van der Waals surface area contributed by atoms with Gasteiger partial charge in [-0.3, -0.25) is 0 Å². The molecular weight excluding hydrogens is 314 g/mol. The van der Waals surface area contributed by atoms with Crippen molar-refractivity contribution in [2.24, 2.45) is 5.92 Å². The Morgan fingerprint density at radius 1 is 1.16 bits per heavy atom. The largest absolute Gasteiger partial charge is 0.338 e. The van der Waals surface area contributed by atoms with E-state index in [1.165, 1.54) is 51.4 Å². The molecular formula is C19H31N5O. The van der Waals surface area contributed by atoms with Crippen LogP contribution in [-0.4, -0.2) is 44.3 Å². The van der Waals surface area contributed by atoms with Gasteiger partial charge in [-0.25, -0.2) is 4.79 Å². The lowest BCUT2D eigenvalue weighted by molar-refractivity contribution is 0.156. The van der Waals surface area contributed by atoms with E-state index in [0.29, 0.717) is 18.6 Å². The Bertz CT molecular complexity index is 613. The van der Waals surface area contributed by atoms with Crippen LogP contribution in [0.25, 0.3) is 0 Å². The number of nitrogens with one attached hydrogen (secondary N) is 1. The van der Waals surface area contributed by atoms with Gasteiger partial charge < -0.3 is 14.8 Å². The predicted molar refractivity (Wildman–Crippen MR) is 96.3 cm³/mol. The fourth-order valence-corrected chi connectivity index (χ4v) is 5.16. The first-order valence-corrected chi connectivity index (χ1v) is 10.2. The average molecular weight is 345 g/mol. The third-order valence-electron chi connectivity index (χ3n) is 6.39. The third kappa shape index (κ3) is 3.40. The molecule has 4 rings (SSSR count). The number of urea groups is 1. The molecule has 1 aliphatic carbocycles. The highest BCUT2D eigenvalue weighted by molar-refractivity contribution is 5.75. The maximum Gasteiger partial charge on any atom is 0.317 e. The number of aryl methyl sites for hydroxylation is 1. The van der Waals surface area contributed by atoms with E-state index in [4.69, 9.17) is 0 Å². The lowest BCUT2D eigenvalue weighted by Gasteiger charge is -2.33. The molecule has 1 aromatic rings. The van der Waals surface area contributed by atoms with Crippen molar-refractivity contribution in [1.82, 2.24) is 25.0 Å². The highest BCUT2D eigenvalue weighted by atomic mass is 16.2. The Labute approximate surface area is 150 Å². The van der Waals surface area contributed by atoms with Crippen molar-refractivity contribution in [2.75, 3.05) is 6.54 Å². The summed E-state index contributed by atoms with van der Waals surface area (Å²) in [5, 5.41) is 11.9. The summed E-state index contributed by atoms with van der Waals surface area (Å²) in [6.45, 7) is 3.88. The minimum absolute atomic E-state index is 0.123. The van der Waals surface area contributed by atoms with Gasteiger partial charge in [0.1, 0.15) is 11.6 Å². The van der Waals surface area contributed by atoms with Crippen LogP contribution in [0.15, 0.2) is 0 Å². The van der Waals surface area contributed by atoms with E-state index in [1.807, 2.05) is 0 Å². The van der Waals surface area contributed by atoms with Gasteiger partial charge in [0.25, 0.3) is 0 Å². The van der Waals surface area contributed by atoms with Crippen LogP contribution in [0.1, 0.15) is 69.9 Å². The Balaban J connectivity index is 1.33. The summed E-state index contributed by atoms with van der Waals surface area (Å²) < 4.78 is 2.27. The summed E-state index contributed by atoms with van der Waals surface area (Å²) in [4.78, 5) is 14.9. The van der Waals surface area contributed by atoms with E-state index < -0.39 is 0 Å². The van der Waals surface area contributed by atoms with Gasteiger partial charge in [0.15, 0.2) is 0 Å². The minimum atomic E-state index is 0.123. The summed E-state index contributed by atoms with van der Waals surface area (Å²) in [6, 6.07) is 0.961. The second-order valence-corrected chi connectivity index (χ2v) is 8.08. The number of carbonyl (C=O) groups is 1. The van der Waals surface area contributed by atoms with E-state index in [2.05, 4.69) is 31.9 Å². The molecule has 6 heteroatoms.